The lowest BCUT2D eigenvalue weighted by atomic mass is 10.1. The van der Waals surface area contributed by atoms with Gasteiger partial charge in [-0.05, 0) is 36.4 Å². The number of amides is 1. The highest BCUT2D eigenvalue weighted by Gasteiger charge is 2.34. The highest BCUT2D eigenvalue weighted by atomic mass is 19.1. The SMILES string of the molecule is O=C(COc1ccc(F)cc1F)N1CCCC1c1nnc(-c2nccc3ccccc23)o1. The molecule has 162 valence electrons. The fraction of sp³-hybridized carbons (Fsp3) is 0.217. The molecule has 0 spiro atoms. The Balaban J connectivity index is 1.33. The summed E-state index contributed by atoms with van der Waals surface area (Å²) < 4.78 is 38.0. The first kappa shape index (κ1) is 20.0. The van der Waals surface area contributed by atoms with Crippen molar-refractivity contribution in [2.24, 2.45) is 0 Å². The molecule has 1 fully saturated rings. The van der Waals surface area contributed by atoms with E-state index in [4.69, 9.17) is 9.15 Å². The van der Waals surface area contributed by atoms with Gasteiger partial charge in [-0.15, -0.1) is 10.2 Å². The summed E-state index contributed by atoms with van der Waals surface area (Å²) in [5.74, 6) is -1.51. The number of pyridine rings is 1. The van der Waals surface area contributed by atoms with Crippen molar-refractivity contribution in [3.05, 3.63) is 72.3 Å². The molecule has 0 radical (unpaired) electrons. The minimum Gasteiger partial charge on any atom is -0.481 e. The fourth-order valence-electron chi connectivity index (χ4n) is 3.89. The van der Waals surface area contributed by atoms with Gasteiger partial charge in [-0.1, -0.05) is 24.3 Å². The second-order valence-corrected chi connectivity index (χ2v) is 7.43. The van der Waals surface area contributed by atoms with E-state index in [1.165, 1.54) is 0 Å². The molecule has 0 aliphatic carbocycles. The zero-order chi connectivity index (χ0) is 22.1. The highest BCUT2D eigenvalue weighted by molar-refractivity contribution is 5.92. The number of likely N-dealkylation sites (tertiary alicyclic amines) is 1. The normalized spacial score (nSPS) is 15.9. The second-order valence-electron chi connectivity index (χ2n) is 7.43. The maximum Gasteiger partial charge on any atom is 0.267 e. The Morgan fingerprint density at radius 1 is 1.16 bits per heavy atom. The van der Waals surface area contributed by atoms with Crippen LogP contribution in [0.3, 0.4) is 0 Å². The maximum absolute atomic E-state index is 13.8. The number of carbonyl (C=O) groups is 1. The van der Waals surface area contributed by atoms with Crippen LogP contribution < -0.4 is 4.74 Å². The standard InChI is InChI=1S/C23H18F2N4O3/c24-15-7-8-19(17(25)12-15)31-13-20(30)29-11-3-6-18(29)22-27-28-23(32-22)21-16-5-2-1-4-14(16)9-10-26-21/h1-2,4-5,7-10,12,18H,3,6,11,13H2. The molecule has 0 saturated carbocycles. The van der Waals surface area contributed by atoms with Crippen LogP contribution in [0.15, 0.2) is 59.1 Å². The molecular formula is C23H18F2N4O3. The quantitative estimate of drug-likeness (QED) is 0.464. The lowest BCUT2D eigenvalue weighted by Gasteiger charge is -2.22. The third-order valence-electron chi connectivity index (χ3n) is 5.42. The largest absolute Gasteiger partial charge is 0.481 e. The van der Waals surface area contributed by atoms with Crippen molar-refractivity contribution in [3.8, 4) is 17.3 Å². The Labute approximate surface area is 181 Å². The van der Waals surface area contributed by atoms with E-state index >= 15 is 0 Å². The Morgan fingerprint density at radius 3 is 2.91 bits per heavy atom. The van der Waals surface area contributed by atoms with Crippen molar-refractivity contribution in [1.82, 2.24) is 20.1 Å². The molecule has 2 aromatic carbocycles. The van der Waals surface area contributed by atoms with Gasteiger partial charge in [-0.3, -0.25) is 9.78 Å². The molecule has 1 unspecified atom stereocenters. The number of carbonyl (C=O) groups excluding carboxylic acids is 1. The molecule has 7 nitrogen and oxygen atoms in total. The van der Waals surface area contributed by atoms with Crippen molar-refractivity contribution in [3.63, 3.8) is 0 Å². The molecule has 3 heterocycles. The van der Waals surface area contributed by atoms with Gasteiger partial charge in [0.15, 0.2) is 18.2 Å². The predicted molar refractivity (Wildman–Crippen MR) is 111 cm³/mol. The number of hydrogen-bond acceptors (Lipinski definition) is 6. The van der Waals surface area contributed by atoms with Crippen LogP contribution >= 0.6 is 0 Å². The molecule has 4 aromatic rings. The Morgan fingerprint density at radius 2 is 2.03 bits per heavy atom. The van der Waals surface area contributed by atoms with Crippen molar-refractivity contribution in [2.75, 3.05) is 13.2 Å². The number of benzene rings is 2. The van der Waals surface area contributed by atoms with E-state index in [2.05, 4.69) is 15.2 Å². The van der Waals surface area contributed by atoms with Crippen LogP contribution in [-0.4, -0.2) is 39.1 Å². The van der Waals surface area contributed by atoms with Crippen molar-refractivity contribution in [1.29, 1.82) is 0 Å². The van der Waals surface area contributed by atoms with E-state index < -0.39 is 17.7 Å². The molecule has 2 aromatic heterocycles. The summed E-state index contributed by atoms with van der Waals surface area (Å²) in [5, 5.41) is 10.2. The maximum atomic E-state index is 13.8. The van der Waals surface area contributed by atoms with Gasteiger partial charge >= 0.3 is 0 Å². The molecule has 32 heavy (non-hydrogen) atoms. The number of hydrogen-bond donors (Lipinski definition) is 0. The Kier molecular flexibility index (Phi) is 5.22. The van der Waals surface area contributed by atoms with E-state index in [1.54, 1.807) is 11.1 Å². The lowest BCUT2D eigenvalue weighted by molar-refractivity contribution is -0.134. The van der Waals surface area contributed by atoms with E-state index in [9.17, 15) is 13.6 Å². The average Bonchev–Trinajstić information content (AvgIpc) is 3.47. The third-order valence-corrected chi connectivity index (χ3v) is 5.42. The first-order chi connectivity index (χ1) is 15.6. The monoisotopic (exact) mass is 436 g/mol. The van der Waals surface area contributed by atoms with Gasteiger partial charge in [0, 0.05) is 24.2 Å². The molecule has 1 amide bonds. The lowest BCUT2D eigenvalue weighted by Crippen LogP contribution is -2.34. The van der Waals surface area contributed by atoms with Gasteiger partial charge < -0.3 is 14.1 Å². The number of fused-ring (bicyclic) bond motifs is 1. The average molecular weight is 436 g/mol. The zero-order valence-electron chi connectivity index (χ0n) is 16.9. The van der Waals surface area contributed by atoms with Crippen molar-refractivity contribution >= 4 is 16.7 Å². The minimum absolute atomic E-state index is 0.183. The van der Waals surface area contributed by atoms with Gasteiger partial charge in [-0.2, -0.15) is 0 Å². The molecule has 1 aliphatic heterocycles. The third kappa shape index (κ3) is 3.77. The number of nitrogens with zero attached hydrogens (tertiary/aromatic N) is 4. The smallest absolute Gasteiger partial charge is 0.267 e. The van der Waals surface area contributed by atoms with Crippen LogP contribution in [0, 0.1) is 11.6 Å². The molecular weight excluding hydrogens is 418 g/mol. The molecule has 5 rings (SSSR count). The van der Waals surface area contributed by atoms with Crippen molar-refractivity contribution < 1.29 is 22.7 Å². The van der Waals surface area contributed by atoms with Crippen LogP contribution in [0.25, 0.3) is 22.4 Å². The first-order valence-corrected chi connectivity index (χ1v) is 10.1. The van der Waals surface area contributed by atoms with Gasteiger partial charge in [0.1, 0.15) is 17.6 Å². The Hall–Kier alpha value is -3.88. The van der Waals surface area contributed by atoms with E-state index in [0.29, 0.717) is 30.6 Å². The van der Waals surface area contributed by atoms with Gasteiger partial charge in [-0.25, -0.2) is 8.78 Å². The summed E-state index contributed by atoms with van der Waals surface area (Å²) in [6.45, 7) is 0.105. The van der Waals surface area contributed by atoms with Gasteiger partial charge in [0.2, 0.25) is 5.89 Å². The van der Waals surface area contributed by atoms with Crippen LogP contribution in [0.1, 0.15) is 24.8 Å². The van der Waals surface area contributed by atoms with E-state index in [0.717, 1.165) is 29.3 Å². The van der Waals surface area contributed by atoms with Gasteiger partial charge in [0.25, 0.3) is 11.8 Å². The van der Waals surface area contributed by atoms with Crippen molar-refractivity contribution in [2.45, 2.75) is 18.9 Å². The van der Waals surface area contributed by atoms with Crippen LogP contribution in [0.2, 0.25) is 0 Å². The molecule has 1 aliphatic rings. The summed E-state index contributed by atoms with van der Waals surface area (Å²) in [7, 11) is 0. The van der Waals surface area contributed by atoms with Crippen LogP contribution in [0.5, 0.6) is 5.75 Å². The predicted octanol–water partition coefficient (Wildman–Crippen LogP) is 4.31. The molecule has 0 bridgehead atoms. The molecule has 9 heteroatoms. The summed E-state index contributed by atoms with van der Waals surface area (Å²) in [4.78, 5) is 18.7. The Bertz CT molecular complexity index is 1290. The second kappa shape index (κ2) is 8.33. The highest BCUT2D eigenvalue weighted by Crippen LogP contribution is 2.33. The minimum atomic E-state index is -0.861. The van der Waals surface area contributed by atoms with Crippen LogP contribution in [0.4, 0.5) is 8.78 Å². The molecule has 0 N–H and O–H groups in total. The number of aromatic nitrogens is 3. The topological polar surface area (TPSA) is 81.4 Å². The first-order valence-electron chi connectivity index (χ1n) is 10.1. The number of ether oxygens (including phenoxy) is 1. The summed E-state index contributed by atoms with van der Waals surface area (Å²) in [6, 6.07) is 12.2. The zero-order valence-corrected chi connectivity index (χ0v) is 16.9. The van der Waals surface area contributed by atoms with Gasteiger partial charge in [0.05, 0.1) is 0 Å². The number of halogens is 2. The summed E-state index contributed by atoms with van der Waals surface area (Å²) in [5.41, 5.74) is 0.577. The van der Waals surface area contributed by atoms with E-state index in [-0.39, 0.29) is 24.2 Å². The number of rotatable bonds is 5. The molecule has 1 atom stereocenters. The van der Waals surface area contributed by atoms with E-state index in [1.807, 2.05) is 30.3 Å². The molecule has 1 saturated heterocycles. The summed E-state index contributed by atoms with van der Waals surface area (Å²) in [6.07, 6.45) is 3.09. The summed E-state index contributed by atoms with van der Waals surface area (Å²) >= 11 is 0. The van der Waals surface area contributed by atoms with Crippen LogP contribution in [-0.2, 0) is 4.79 Å². The fourth-order valence-corrected chi connectivity index (χ4v) is 3.89.